The first-order valence-electron chi connectivity index (χ1n) is 6.82. The Bertz CT molecular complexity index is 433. The van der Waals surface area contributed by atoms with Crippen molar-refractivity contribution in [3.8, 4) is 0 Å². The minimum atomic E-state index is -0.733. The van der Waals surface area contributed by atoms with Gasteiger partial charge in [-0.25, -0.2) is 9.59 Å². The zero-order valence-electron chi connectivity index (χ0n) is 12.3. The van der Waals surface area contributed by atoms with Crippen LogP contribution in [0.2, 0.25) is 0 Å². The summed E-state index contributed by atoms with van der Waals surface area (Å²) in [5, 5.41) is 2.48. The van der Waals surface area contributed by atoms with E-state index in [1.165, 1.54) is 0 Å². The summed E-state index contributed by atoms with van der Waals surface area (Å²) in [6, 6.07) is 9.35. The first-order chi connectivity index (χ1) is 10.1. The topological polar surface area (TPSA) is 73.9 Å². The second-order valence-electron chi connectivity index (χ2n) is 4.79. The van der Waals surface area contributed by atoms with Crippen LogP contribution in [0.4, 0.5) is 9.59 Å². The van der Waals surface area contributed by atoms with Gasteiger partial charge in [-0.1, -0.05) is 44.2 Å². The lowest BCUT2D eigenvalue weighted by Crippen LogP contribution is -2.28. The van der Waals surface area contributed by atoms with Crippen LogP contribution in [0.1, 0.15) is 19.4 Å². The highest BCUT2D eigenvalue weighted by Gasteiger charge is 2.06. The molecule has 0 fully saturated rings. The molecule has 0 heterocycles. The van der Waals surface area contributed by atoms with E-state index in [1.54, 1.807) is 0 Å². The van der Waals surface area contributed by atoms with Crippen LogP contribution >= 0.6 is 0 Å². The Morgan fingerprint density at radius 3 is 2.48 bits per heavy atom. The SMILES string of the molecule is CC(C)COC(=O)OCCNC(=O)OCc1ccccc1. The Balaban J connectivity index is 2.04. The van der Waals surface area contributed by atoms with Gasteiger partial charge in [-0.05, 0) is 11.5 Å². The molecule has 0 radical (unpaired) electrons. The lowest BCUT2D eigenvalue weighted by molar-refractivity contribution is 0.0476. The van der Waals surface area contributed by atoms with Crippen LogP contribution in [0, 0.1) is 5.92 Å². The third kappa shape index (κ3) is 8.52. The molecule has 0 aliphatic carbocycles. The number of carbonyl (C=O) groups excluding carboxylic acids is 2. The third-order valence-corrected chi connectivity index (χ3v) is 2.34. The predicted molar refractivity (Wildman–Crippen MR) is 76.8 cm³/mol. The Kier molecular flexibility index (Phi) is 7.71. The van der Waals surface area contributed by atoms with E-state index < -0.39 is 12.2 Å². The standard InChI is InChI=1S/C15H21NO5/c1-12(2)10-21-15(18)19-9-8-16-14(17)20-11-13-6-4-3-5-7-13/h3-7,12H,8-11H2,1-2H3,(H,16,17). The van der Waals surface area contributed by atoms with Gasteiger partial charge >= 0.3 is 12.2 Å². The summed E-state index contributed by atoms with van der Waals surface area (Å²) in [7, 11) is 0. The molecule has 0 atom stereocenters. The molecule has 1 aromatic rings. The molecule has 0 saturated heterocycles. The monoisotopic (exact) mass is 295 g/mol. The maximum Gasteiger partial charge on any atom is 0.508 e. The molecular weight excluding hydrogens is 274 g/mol. The number of ether oxygens (including phenoxy) is 3. The first-order valence-corrected chi connectivity index (χ1v) is 6.82. The molecule has 0 aliphatic heterocycles. The number of carbonyl (C=O) groups is 2. The van der Waals surface area contributed by atoms with Gasteiger partial charge in [-0.15, -0.1) is 0 Å². The summed E-state index contributed by atoms with van der Waals surface area (Å²) < 4.78 is 14.6. The van der Waals surface area contributed by atoms with Crippen LogP contribution in [0.25, 0.3) is 0 Å². The molecular formula is C15H21NO5. The van der Waals surface area contributed by atoms with Gasteiger partial charge in [0.2, 0.25) is 0 Å². The highest BCUT2D eigenvalue weighted by atomic mass is 16.7. The summed E-state index contributed by atoms with van der Waals surface area (Å²) in [6.45, 7) is 4.58. The number of rotatable bonds is 7. The smallest absolute Gasteiger partial charge is 0.445 e. The minimum Gasteiger partial charge on any atom is -0.445 e. The summed E-state index contributed by atoms with van der Waals surface area (Å²) >= 11 is 0. The second kappa shape index (κ2) is 9.63. The van der Waals surface area contributed by atoms with Crippen LogP contribution < -0.4 is 5.32 Å². The van der Waals surface area contributed by atoms with E-state index in [-0.39, 0.29) is 25.7 Å². The predicted octanol–water partition coefficient (Wildman–Crippen LogP) is 2.72. The van der Waals surface area contributed by atoms with Crippen molar-refractivity contribution >= 4 is 12.2 Å². The van der Waals surface area contributed by atoms with Gasteiger partial charge < -0.3 is 19.5 Å². The molecule has 0 spiro atoms. The highest BCUT2D eigenvalue weighted by molar-refractivity contribution is 5.67. The molecule has 0 saturated carbocycles. The molecule has 0 bridgehead atoms. The van der Waals surface area contributed by atoms with Crippen molar-refractivity contribution in [2.45, 2.75) is 20.5 Å². The lowest BCUT2D eigenvalue weighted by Gasteiger charge is -2.09. The zero-order chi connectivity index (χ0) is 15.5. The van der Waals surface area contributed by atoms with Crippen molar-refractivity contribution in [1.82, 2.24) is 5.32 Å². The van der Waals surface area contributed by atoms with Gasteiger partial charge in [-0.2, -0.15) is 0 Å². The van der Waals surface area contributed by atoms with Crippen LogP contribution in [-0.4, -0.2) is 32.0 Å². The summed E-state index contributed by atoms with van der Waals surface area (Å²) in [6.07, 6.45) is -1.29. The Morgan fingerprint density at radius 2 is 1.81 bits per heavy atom. The number of alkyl carbamates (subject to hydrolysis) is 1. The molecule has 6 nitrogen and oxygen atoms in total. The largest absolute Gasteiger partial charge is 0.508 e. The second-order valence-corrected chi connectivity index (χ2v) is 4.79. The van der Waals surface area contributed by atoms with Crippen molar-refractivity contribution in [3.05, 3.63) is 35.9 Å². The fourth-order valence-corrected chi connectivity index (χ4v) is 1.34. The lowest BCUT2D eigenvalue weighted by atomic mass is 10.2. The van der Waals surface area contributed by atoms with Gasteiger partial charge in [0.05, 0.1) is 13.2 Å². The van der Waals surface area contributed by atoms with Crippen molar-refractivity contribution in [3.63, 3.8) is 0 Å². The molecule has 1 aromatic carbocycles. The molecule has 1 N–H and O–H groups in total. The molecule has 6 heteroatoms. The van der Waals surface area contributed by atoms with Crippen molar-refractivity contribution in [2.24, 2.45) is 5.92 Å². The normalized spacial score (nSPS) is 10.0. The number of nitrogens with one attached hydrogen (secondary N) is 1. The van der Waals surface area contributed by atoms with E-state index in [1.807, 2.05) is 44.2 Å². The summed E-state index contributed by atoms with van der Waals surface area (Å²) in [5.41, 5.74) is 0.904. The minimum absolute atomic E-state index is 0.0391. The molecule has 0 unspecified atom stereocenters. The van der Waals surface area contributed by atoms with Crippen molar-refractivity contribution in [2.75, 3.05) is 19.8 Å². The molecule has 0 aliphatic rings. The van der Waals surface area contributed by atoms with Crippen LogP contribution in [0.15, 0.2) is 30.3 Å². The van der Waals surface area contributed by atoms with E-state index in [4.69, 9.17) is 14.2 Å². The highest BCUT2D eigenvalue weighted by Crippen LogP contribution is 2.00. The molecule has 1 amide bonds. The number of benzene rings is 1. The van der Waals surface area contributed by atoms with E-state index in [9.17, 15) is 9.59 Å². The Morgan fingerprint density at radius 1 is 1.10 bits per heavy atom. The van der Waals surface area contributed by atoms with Gasteiger partial charge in [0.25, 0.3) is 0 Å². The molecule has 0 aromatic heterocycles. The van der Waals surface area contributed by atoms with Gasteiger partial charge in [0, 0.05) is 0 Å². The van der Waals surface area contributed by atoms with Crippen LogP contribution in [0.5, 0.6) is 0 Å². The molecule has 1 rings (SSSR count). The summed E-state index contributed by atoms with van der Waals surface area (Å²) in [5.74, 6) is 0.253. The van der Waals surface area contributed by atoms with Crippen LogP contribution in [0.3, 0.4) is 0 Å². The zero-order valence-corrected chi connectivity index (χ0v) is 12.3. The van der Waals surface area contributed by atoms with Gasteiger partial charge in [0.15, 0.2) is 0 Å². The van der Waals surface area contributed by atoms with E-state index in [0.717, 1.165) is 5.56 Å². The third-order valence-electron chi connectivity index (χ3n) is 2.34. The van der Waals surface area contributed by atoms with Gasteiger partial charge in [-0.3, -0.25) is 0 Å². The van der Waals surface area contributed by atoms with E-state index >= 15 is 0 Å². The quantitative estimate of drug-likeness (QED) is 0.618. The van der Waals surface area contributed by atoms with Crippen LogP contribution in [-0.2, 0) is 20.8 Å². The summed E-state index contributed by atoms with van der Waals surface area (Å²) in [4.78, 5) is 22.5. The Labute approximate surface area is 124 Å². The fraction of sp³-hybridized carbons (Fsp3) is 0.467. The fourth-order valence-electron chi connectivity index (χ4n) is 1.34. The Hall–Kier alpha value is -2.24. The van der Waals surface area contributed by atoms with Crippen molar-refractivity contribution < 1.29 is 23.8 Å². The maximum atomic E-state index is 11.4. The number of hydrogen-bond donors (Lipinski definition) is 1. The number of hydrogen-bond acceptors (Lipinski definition) is 5. The first kappa shape index (κ1) is 16.8. The number of amides is 1. The van der Waals surface area contributed by atoms with Gasteiger partial charge in [0.1, 0.15) is 13.2 Å². The van der Waals surface area contributed by atoms with E-state index in [2.05, 4.69) is 5.32 Å². The van der Waals surface area contributed by atoms with E-state index in [0.29, 0.717) is 6.61 Å². The average molecular weight is 295 g/mol. The van der Waals surface area contributed by atoms with Crippen molar-refractivity contribution in [1.29, 1.82) is 0 Å². The average Bonchev–Trinajstić information content (AvgIpc) is 2.48. The molecule has 116 valence electrons. The maximum absolute atomic E-state index is 11.4. The molecule has 21 heavy (non-hydrogen) atoms.